The van der Waals surface area contributed by atoms with E-state index in [4.69, 9.17) is 14.9 Å². The molecule has 0 aliphatic rings. The number of hydrogen-bond acceptors (Lipinski definition) is 2. The first kappa shape index (κ1) is 10.1. The van der Waals surface area contributed by atoms with Gasteiger partial charge >= 0.3 is 7.60 Å². The fourth-order valence-corrected chi connectivity index (χ4v) is 1.51. The van der Waals surface area contributed by atoms with Crippen LogP contribution in [-0.4, -0.2) is 20.7 Å². The molecule has 0 fully saturated rings. The fourth-order valence-electron chi connectivity index (χ4n) is 0.505. The van der Waals surface area contributed by atoms with Crippen molar-refractivity contribution in [2.75, 3.05) is 0 Å². The predicted molar refractivity (Wildman–Crippen MR) is 37.5 cm³/mol. The Bertz CT molecular complexity index is 154. The Balaban J connectivity index is 4.39. The van der Waals surface area contributed by atoms with Crippen molar-refractivity contribution in [3.05, 3.63) is 0 Å². The molecular weight excluding hydrogens is 155 g/mol. The molecule has 1 atom stereocenters. The Morgan fingerprint density at radius 1 is 1.30 bits per heavy atom. The molecule has 5 heteroatoms. The molecule has 0 aromatic heterocycles. The third kappa shape index (κ3) is 2.80. The van der Waals surface area contributed by atoms with Crippen LogP contribution in [-0.2, 0) is 4.57 Å². The van der Waals surface area contributed by atoms with Gasteiger partial charge in [0.05, 0.1) is 0 Å². The number of aliphatic hydroxyl groups is 1. The van der Waals surface area contributed by atoms with Crippen molar-refractivity contribution in [2.24, 2.45) is 5.41 Å². The van der Waals surface area contributed by atoms with Gasteiger partial charge in [-0.3, -0.25) is 4.57 Å². The van der Waals surface area contributed by atoms with Gasteiger partial charge in [-0.2, -0.15) is 0 Å². The summed E-state index contributed by atoms with van der Waals surface area (Å²) < 4.78 is 10.4. The topological polar surface area (TPSA) is 77.8 Å². The van der Waals surface area contributed by atoms with Crippen molar-refractivity contribution in [1.82, 2.24) is 0 Å². The molecule has 0 saturated carbocycles. The normalized spacial score (nSPS) is 17.0. The lowest BCUT2D eigenvalue weighted by Crippen LogP contribution is -2.25. The van der Waals surface area contributed by atoms with Crippen LogP contribution in [0.2, 0.25) is 0 Å². The molecule has 0 spiro atoms. The SMILES string of the molecule is CC(C)(C)C(O)P(=O)(O)O. The minimum atomic E-state index is -4.32. The highest BCUT2D eigenvalue weighted by molar-refractivity contribution is 7.52. The maximum atomic E-state index is 10.4. The summed E-state index contributed by atoms with van der Waals surface area (Å²) in [6, 6.07) is 0. The Kier molecular flexibility index (Phi) is 2.65. The second-order valence-corrected chi connectivity index (χ2v) is 5.00. The van der Waals surface area contributed by atoms with Crippen LogP contribution in [0.5, 0.6) is 0 Å². The maximum Gasteiger partial charge on any atom is 0.354 e. The zero-order valence-corrected chi connectivity index (χ0v) is 7.17. The van der Waals surface area contributed by atoms with Gasteiger partial charge in [0, 0.05) is 0 Å². The highest BCUT2D eigenvalue weighted by Gasteiger charge is 2.36. The molecule has 0 saturated heterocycles. The lowest BCUT2D eigenvalue weighted by molar-refractivity contribution is 0.104. The van der Waals surface area contributed by atoms with Crippen molar-refractivity contribution in [1.29, 1.82) is 0 Å². The fraction of sp³-hybridized carbons (Fsp3) is 1.00. The molecule has 0 aliphatic carbocycles. The van der Waals surface area contributed by atoms with E-state index in [-0.39, 0.29) is 0 Å². The summed E-state index contributed by atoms with van der Waals surface area (Å²) >= 11 is 0. The van der Waals surface area contributed by atoms with E-state index in [1.165, 1.54) is 0 Å². The Morgan fingerprint density at radius 3 is 1.60 bits per heavy atom. The zero-order valence-electron chi connectivity index (χ0n) is 6.27. The molecule has 0 rings (SSSR count). The molecule has 10 heavy (non-hydrogen) atoms. The van der Waals surface area contributed by atoms with Crippen molar-refractivity contribution in [3.63, 3.8) is 0 Å². The Labute approximate surface area is 60.0 Å². The first-order valence-electron chi connectivity index (χ1n) is 2.89. The van der Waals surface area contributed by atoms with Gasteiger partial charge in [-0.05, 0) is 5.41 Å². The lowest BCUT2D eigenvalue weighted by Gasteiger charge is -2.25. The maximum absolute atomic E-state index is 10.4. The Morgan fingerprint density at radius 2 is 1.60 bits per heavy atom. The minimum absolute atomic E-state index is 0.765. The first-order chi connectivity index (χ1) is 4.15. The van der Waals surface area contributed by atoms with E-state index in [1.807, 2.05) is 0 Å². The predicted octanol–water partition coefficient (Wildman–Crippen LogP) is 0.529. The van der Waals surface area contributed by atoms with E-state index < -0.39 is 18.9 Å². The molecule has 0 amide bonds. The molecular formula is C5H13O4P. The largest absolute Gasteiger partial charge is 0.380 e. The van der Waals surface area contributed by atoms with Crippen molar-refractivity contribution < 1.29 is 19.5 Å². The molecule has 3 N–H and O–H groups in total. The van der Waals surface area contributed by atoms with Crippen molar-refractivity contribution in [2.45, 2.75) is 26.6 Å². The molecule has 4 nitrogen and oxygen atoms in total. The van der Waals surface area contributed by atoms with Crippen LogP contribution in [0.1, 0.15) is 20.8 Å². The first-order valence-corrected chi connectivity index (χ1v) is 4.57. The summed E-state index contributed by atoms with van der Waals surface area (Å²) in [5.41, 5.74) is -0.765. The molecule has 1 unspecified atom stereocenters. The van der Waals surface area contributed by atoms with Gasteiger partial charge in [-0.1, -0.05) is 20.8 Å². The van der Waals surface area contributed by atoms with Gasteiger partial charge in [0.2, 0.25) is 0 Å². The summed E-state index contributed by atoms with van der Waals surface area (Å²) in [7, 11) is -4.32. The molecule has 0 radical (unpaired) electrons. The molecule has 0 heterocycles. The molecule has 0 aliphatic heterocycles. The van der Waals surface area contributed by atoms with E-state index in [9.17, 15) is 4.57 Å². The van der Waals surface area contributed by atoms with E-state index >= 15 is 0 Å². The van der Waals surface area contributed by atoms with Gasteiger partial charge in [0.25, 0.3) is 0 Å². The second-order valence-electron chi connectivity index (χ2n) is 3.33. The van der Waals surface area contributed by atoms with Gasteiger partial charge in [-0.25, -0.2) is 0 Å². The van der Waals surface area contributed by atoms with E-state index in [0.717, 1.165) is 0 Å². The van der Waals surface area contributed by atoms with Crippen LogP contribution in [0.3, 0.4) is 0 Å². The lowest BCUT2D eigenvalue weighted by atomic mass is 9.98. The highest BCUT2D eigenvalue weighted by Crippen LogP contribution is 2.47. The molecule has 0 aromatic rings. The zero-order chi connectivity index (χ0) is 8.58. The number of rotatable bonds is 1. The summed E-state index contributed by atoms with van der Waals surface area (Å²) in [5, 5.41) is 8.96. The van der Waals surface area contributed by atoms with Crippen LogP contribution in [0.4, 0.5) is 0 Å². The van der Waals surface area contributed by atoms with Crippen LogP contribution < -0.4 is 0 Å². The molecule has 62 valence electrons. The van der Waals surface area contributed by atoms with E-state index in [1.54, 1.807) is 20.8 Å². The third-order valence-electron chi connectivity index (χ3n) is 1.09. The van der Waals surface area contributed by atoms with Gasteiger partial charge in [-0.15, -0.1) is 0 Å². The van der Waals surface area contributed by atoms with Gasteiger partial charge < -0.3 is 14.9 Å². The van der Waals surface area contributed by atoms with Crippen LogP contribution in [0.15, 0.2) is 0 Å². The molecule has 0 bridgehead atoms. The quantitative estimate of drug-likeness (QED) is 0.499. The number of aliphatic hydroxyl groups excluding tert-OH is 1. The van der Waals surface area contributed by atoms with Crippen LogP contribution in [0.25, 0.3) is 0 Å². The Hall–Kier alpha value is 0.110. The minimum Gasteiger partial charge on any atom is -0.380 e. The average molecular weight is 168 g/mol. The second kappa shape index (κ2) is 2.62. The van der Waals surface area contributed by atoms with Gasteiger partial charge in [0.15, 0.2) is 5.85 Å². The van der Waals surface area contributed by atoms with E-state index in [0.29, 0.717) is 0 Å². The summed E-state index contributed by atoms with van der Waals surface area (Å²) in [5.74, 6) is -1.57. The monoisotopic (exact) mass is 168 g/mol. The standard InChI is InChI=1S/C5H13O4P/c1-5(2,3)4(6)10(7,8)9/h4,6H,1-3H3,(H2,7,8,9). The summed E-state index contributed by atoms with van der Waals surface area (Å²) in [6.45, 7) is 4.70. The average Bonchev–Trinajstić information content (AvgIpc) is 1.59. The van der Waals surface area contributed by atoms with Crippen molar-refractivity contribution in [3.8, 4) is 0 Å². The van der Waals surface area contributed by atoms with Gasteiger partial charge in [0.1, 0.15) is 0 Å². The smallest absolute Gasteiger partial charge is 0.354 e. The van der Waals surface area contributed by atoms with Crippen LogP contribution in [0, 0.1) is 5.41 Å². The summed E-state index contributed by atoms with van der Waals surface area (Å²) in [6.07, 6.45) is 0. The van der Waals surface area contributed by atoms with E-state index in [2.05, 4.69) is 0 Å². The highest BCUT2D eigenvalue weighted by atomic mass is 31.2. The number of hydrogen-bond donors (Lipinski definition) is 3. The van der Waals surface area contributed by atoms with Crippen LogP contribution >= 0.6 is 7.60 Å². The summed E-state index contributed by atoms with van der Waals surface area (Å²) in [4.78, 5) is 17.0. The molecule has 0 aromatic carbocycles. The third-order valence-corrected chi connectivity index (χ3v) is 2.50. The van der Waals surface area contributed by atoms with Crippen molar-refractivity contribution >= 4 is 7.60 Å².